The topological polar surface area (TPSA) is 52.4 Å². The highest BCUT2D eigenvalue weighted by molar-refractivity contribution is 5.46. The summed E-state index contributed by atoms with van der Waals surface area (Å²) in [4.78, 5) is 7.15. The third kappa shape index (κ3) is 3.23. The molecule has 0 amide bonds. The van der Waals surface area contributed by atoms with E-state index in [0.717, 1.165) is 55.8 Å². The van der Waals surface area contributed by atoms with Crippen molar-refractivity contribution in [1.29, 1.82) is 0 Å². The number of nitrogens with zero attached hydrogens (tertiary/aromatic N) is 4. The fourth-order valence-electron chi connectivity index (χ4n) is 3.12. The summed E-state index contributed by atoms with van der Waals surface area (Å²) in [5.41, 5.74) is 0.928. The second-order valence-corrected chi connectivity index (χ2v) is 5.67. The number of hydrogen-bond acceptors (Lipinski definition) is 5. The Labute approximate surface area is 137 Å². The molecule has 2 aromatic rings. The number of para-hydroxylation sites is 2. The van der Waals surface area contributed by atoms with Crippen LogP contribution in [0.4, 0.5) is 0 Å². The molecule has 0 bridgehead atoms. The molecule has 0 saturated carbocycles. The van der Waals surface area contributed by atoms with Gasteiger partial charge in [-0.3, -0.25) is 4.90 Å². The maximum absolute atomic E-state index is 5.50. The lowest BCUT2D eigenvalue weighted by atomic mass is 10.1. The van der Waals surface area contributed by atoms with Gasteiger partial charge in [0.15, 0.2) is 0 Å². The zero-order valence-corrected chi connectivity index (χ0v) is 14.0. The minimum absolute atomic E-state index is 0.227. The lowest BCUT2D eigenvalue weighted by molar-refractivity contribution is 0.0129. The van der Waals surface area contributed by atoms with E-state index in [1.165, 1.54) is 0 Å². The van der Waals surface area contributed by atoms with Crippen LogP contribution in [0.15, 0.2) is 24.3 Å². The molecule has 23 heavy (non-hydrogen) atoms. The van der Waals surface area contributed by atoms with Gasteiger partial charge in [0.2, 0.25) is 0 Å². The van der Waals surface area contributed by atoms with E-state index in [4.69, 9.17) is 14.5 Å². The van der Waals surface area contributed by atoms with Gasteiger partial charge >= 0.3 is 0 Å². The van der Waals surface area contributed by atoms with Gasteiger partial charge in [-0.2, -0.15) is 5.10 Å². The number of methoxy groups -OCH3 is 1. The van der Waals surface area contributed by atoms with Gasteiger partial charge in [0.05, 0.1) is 26.4 Å². The second-order valence-electron chi connectivity index (χ2n) is 5.67. The molecule has 1 fully saturated rings. The molecule has 3 rings (SSSR count). The fraction of sp³-hybridized carbons (Fsp3) is 0.529. The Bertz CT molecular complexity index is 650. The van der Waals surface area contributed by atoms with E-state index >= 15 is 0 Å². The molecule has 0 N–H and O–H groups in total. The summed E-state index contributed by atoms with van der Waals surface area (Å²) >= 11 is 0. The lowest BCUT2D eigenvalue weighted by Gasteiger charge is -2.33. The van der Waals surface area contributed by atoms with Crippen LogP contribution in [0, 0.1) is 6.92 Å². The third-order valence-corrected chi connectivity index (χ3v) is 4.22. The van der Waals surface area contributed by atoms with Gasteiger partial charge in [-0.15, -0.1) is 0 Å². The molecule has 0 radical (unpaired) electrons. The fourth-order valence-corrected chi connectivity index (χ4v) is 3.12. The van der Waals surface area contributed by atoms with Gasteiger partial charge in [-0.1, -0.05) is 19.1 Å². The summed E-state index contributed by atoms with van der Waals surface area (Å²) in [5, 5.41) is 4.62. The zero-order chi connectivity index (χ0) is 16.2. The van der Waals surface area contributed by atoms with Crippen LogP contribution in [0.1, 0.15) is 31.0 Å². The van der Waals surface area contributed by atoms with Crippen molar-refractivity contribution in [3.8, 4) is 11.4 Å². The number of aryl methyl sites for hydroxylation is 1. The van der Waals surface area contributed by atoms with Crippen molar-refractivity contribution in [2.75, 3.05) is 33.4 Å². The SMILES string of the molecule is CCC(c1nc(C)nn1-c1ccccc1OC)N1CCOCC1. The van der Waals surface area contributed by atoms with E-state index < -0.39 is 0 Å². The van der Waals surface area contributed by atoms with Crippen molar-refractivity contribution in [3.05, 3.63) is 35.9 Å². The molecule has 0 spiro atoms. The molecule has 1 aromatic heterocycles. The monoisotopic (exact) mass is 316 g/mol. The van der Waals surface area contributed by atoms with E-state index in [-0.39, 0.29) is 6.04 Å². The first-order chi connectivity index (χ1) is 11.2. The van der Waals surface area contributed by atoms with Crippen LogP contribution in [0.25, 0.3) is 5.69 Å². The van der Waals surface area contributed by atoms with Crippen molar-refractivity contribution in [2.45, 2.75) is 26.3 Å². The standard InChI is InChI=1S/C17H24N4O2/c1-4-14(20-9-11-23-12-10-20)17-18-13(2)19-21(17)15-7-5-6-8-16(15)22-3/h5-8,14H,4,9-12H2,1-3H3. The number of hydrogen-bond donors (Lipinski definition) is 0. The Hall–Kier alpha value is -1.92. The maximum Gasteiger partial charge on any atom is 0.150 e. The van der Waals surface area contributed by atoms with Crippen LogP contribution in [-0.4, -0.2) is 53.1 Å². The number of benzene rings is 1. The summed E-state index contributed by atoms with van der Waals surface area (Å²) in [6.45, 7) is 7.53. The highest BCUT2D eigenvalue weighted by Gasteiger charge is 2.27. The third-order valence-electron chi connectivity index (χ3n) is 4.22. The molecule has 1 atom stereocenters. The number of morpholine rings is 1. The summed E-state index contributed by atoms with van der Waals surface area (Å²) < 4.78 is 12.9. The molecule has 124 valence electrons. The van der Waals surface area contributed by atoms with Crippen molar-refractivity contribution in [3.63, 3.8) is 0 Å². The Morgan fingerprint density at radius 3 is 2.70 bits per heavy atom. The van der Waals surface area contributed by atoms with Gasteiger partial charge in [-0.05, 0) is 25.5 Å². The van der Waals surface area contributed by atoms with Gasteiger partial charge in [0, 0.05) is 13.1 Å². The molecule has 1 saturated heterocycles. The molecule has 6 heteroatoms. The van der Waals surface area contributed by atoms with E-state index in [0.29, 0.717) is 0 Å². The van der Waals surface area contributed by atoms with Crippen LogP contribution in [0.3, 0.4) is 0 Å². The van der Waals surface area contributed by atoms with Crippen LogP contribution < -0.4 is 4.74 Å². The molecule has 1 aliphatic heterocycles. The molecule has 1 aromatic carbocycles. The van der Waals surface area contributed by atoms with Crippen LogP contribution >= 0.6 is 0 Å². The van der Waals surface area contributed by atoms with E-state index in [9.17, 15) is 0 Å². The normalized spacial score (nSPS) is 17.2. The molecule has 0 aliphatic carbocycles. The van der Waals surface area contributed by atoms with Crippen molar-refractivity contribution < 1.29 is 9.47 Å². The smallest absolute Gasteiger partial charge is 0.150 e. The average Bonchev–Trinajstić information content (AvgIpc) is 2.98. The Balaban J connectivity index is 2.02. The zero-order valence-electron chi connectivity index (χ0n) is 14.0. The predicted molar refractivity (Wildman–Crippen MR) is 88.1 cm³/mol. The minimum Gasteiger partial charge on any atom is -0.494 e. The van der Waals surface area contributed by atoms with Crippen LogP contribution in [0.2, 0.25) is 0 Å². The molecular formula is C17H24N4O2. The van der Waals surface area contributed by atoms with E-state index in [1.807, 2.05) is 35.9 Å². The number of rotatable bonds is 5. The summed E-state index contributed by atoms with van der Waals surface area (Å²) in [7, 11) is 1.68. The molecular weight excluding hydrogens is 292 g/mol. The molecule has 2 heterocycles. The van der Waals surface area contributed by atoms with Crippen LogP contribution in [-0.2, 0) is 4.74 Å². The minimum atomic E-state index is 0.227. The number of ether oxygens (including phenoxy) is 2. The van der Waals surface area contributed by atoms with Crippen molar-refractivity contribution in [1.82, 2.24) is 19.7 Å². The predicted octanol–water partition coefficient (Wildman–Crippen LogP) is 2.37. The summed E-state index contributed by atoms with van der Waals surface area (Å²) in [6.07, 6.45) is 0.979. The first-order valence-corrected chi connectivity index (χ1v) is 8.13. The van der Waals surface area contributed by atoms with E-state index in [1.54, 1.807) is 7.11 Å². The second kappa shape index (κ2) is 7.10. The molecule has 6 nitrogen and oxygen atoms in total. The van der Waals surface area contributed by atoms with Gasteiger partial charge in [0.25, 0.3) is 0 Å². The Kier molecular flexibility index (Phi) is 4.93. The molecule has 1 aliphatic rings. The van der Waals surface area contributed by atoms with Crippen LogP contribution in [0.5, 0.6) is 5.75 Å². The van der Waals surface area contributed by atoms with Crippen molar-refractivity contribution in [2.24, 2.45) is 0 Å². The summed E-state index contributed by atoms with van der Waals surface area (Å²) in [6, 6.07) is 8.15. The Morgan fingerprint density at radius 1 is 1.26 bits per heavy atom. The van der Waals surface area contributed by atoms with Gasteiger partial charge < -0.3 is 9.47 Å². The first-order valence-electron chi connectivity index (χ1n) is 8.13. The lowest BCUT2D eigenvalue weighted by Crippen LogP contribution is -2.39. The van der Waals surface area contributed by atoms with Crippen molar-refractivity contribution >= 4 is 0 Å². The first kappa shape index (κ1) is 16.0. The Morgan fingerprint density at radius 2 is 2.00 bits per heavy atom. The summed E-state index contributed by atoms with van der Waals surface area (Å²) in [5.74, 6) is 2.55. The largest absolute Gasteiger partial charge is 0.494 e. The van der Waals surface area contributed by atoms with Gasteiger partial charge in [-0.25, -0.2) is 9.67 Å². The number of aromatic nitrogens is 3. The highest BCUT2D eigenvalue weighted by Crippen LogP contribution is 2.29. The van der Waals surface area contributed by atoms with Gasteiger partial charge in [0.1, 0.15) is 23.1 Å². The quantitative estimate of drug-likeness (QED) is 0.847. The molecule has 1 unspecified atom stereocenters. The maximum atomic E-state index is 5.50. The van der Waals surface area contributed by atoms with E-state index in [2.05, 4.69) is 16.9 Å². The average molecular weight is 316 g/mol. The highest BCUT2D eigenvalue weighted by atomic mass is 16.5.